The Morgan fingerprint density at radius 2 is 1.85 bits per heavy atom. The van der Waals surface area contributed by atoms with Gasteiger partial charge >= 0.3 is 0 Å². The van der Waals surface area contributed by atoms with E-state index in [0.29, 0.717) is 38.5 Å². The normalized spacial score (nSPS) is 14.9. The molecule has 1 fully saturated rings. The fourth-order valence-corrected chi connectivity index (χ4v) is 5.00. The lowest BCUT2D eigenvalue weighted by atomic mass is 10.1. The van der Waals surface area contributed by atoms with Crippen molar-refractivity contribution in [3.8, 4) is 16.3 Å². The Hall–Kier alpha value is -2.86. The zero-order valence-corrected chi connectivity index (χ0v) is 19.5. The third kappa shape index (κ3) is 5.38. The number of nitrogens with zero attached hydrogens (tertiary/aromatic N) is 3. The summed E-state index contributed by atoms with van der Waals surface area (Å²) in [6, 6.07) is 10.3. The monoisotopic (exact) mass is 490 g/mol. The number of benzene rings is 2. The molecule has 0 unspecified atom stereocenters. The summed E-state index contributed by atoms with van der Waals surface area (Å²) in [6.45, 7) is 2.90. The minimum atomic E-state index is -3.94. The van der Waals surface area contributed by atoms with Gasteiger partial charge in [0, 0.05) is 43.7 Å². The SMILES string of the molecule is COc1ccc(S(N)(=O)=O)cc1C(=O)N1CCN(Cc2csc(-c3ccc(F)cc3)n2)CC1. The van der Waals surface area contributed by atoms with Crippen LogP contribution in [0.2, 0.25) is 0 Å². The number of halogens is 1. The van der Waals surface area contributed by atoms with Crippen molar-refractivity contribution in [3.05, 3.63) is 64.9 Å². The van der Waals surface area contributed by atoms with Crippen molar-refractivity contribution in [2.75, 3.05) is 33.3 Å². The van der Waals surface area contributed by atoms with E-state index in [0.717, 1.165) is 16.3 Å². The second-order valence-electron chi connectivity index (χ2n) is 7.63. The Bertz CT molecular complexity index is 1250. The number of ether oxygens (including phenoxy) is 1. The second-order valence-corrected chi connectivity index (χ2v) is 10.0. The van der Waals surface area contributed by atoms with Gasteiger partial charge in [-0.3, -0.25) is 9.69 Å². The summed E-state index contributed by atoms with van der Waals surface area (Å²) < 4.78 is 41.8. The number of hydrogen-bond donors (Lipinski definition) is 1. The van der Waals surface area contributed by atoms with Gasteiger partial charge in [0.1, 0.15) is 16.6 Å². The summed E-state index contributed by atoms with van der Waals surface area (Å²) in [7, 11) is -2.51. The molecule has 3 aromatic rings. The first kappa shape index (κ1) is 23.3. The number of carbonyl (C=O) groups excluding carboxylic acids is 1. The number of carbonyl (C=O) groups is 1. The quantitative estimate of drug-likeness (QED) is 0.569. The number of primary sulfonamides is 1. The van der Waals surface area contributed by atoms with Crippen molar-refractivity contribution in [1.82, 2.24) is 14.8 Å². The van der Waals surface area contributed by atoms with E-state index in [4.69, 9.17) is 9.88 Å². The standard InChI is InChI=1S/C22H23FN4O4S2/c1-31-20-7-6-18(33(24,29)30)12-19(20)22(28)27-10-8-26(9-11-27)13-17-14-32-21(25-17)15-2-4-16(23)5-3-15/h2-7,12,14H,8-11,13H2,1H3,(H2,24,29,30). The van der Waals surface area contributed by atoms with E-state index in [9.17, 15) is 17.6 Å². The van der Waals surface area contributed by atoms with Crippen LogP contribution >= 0.6 is 11.3 Å². The van der Waals surface area contributed by atoms with Gasteiger partial charge in [0.05, 0.1) is 23.3 Å². The largest absolute Gasteiger partial charge is 0.496 e. The molecule has 1 amide bonds. The molecular weight excluding hydrogens is 467 g/mol. The van der Waals surface area contributed by atoms with E-state index in [2.05, 4.69) is 9.88 Å². The third-order valence-electron chi connectivity index (χ3n) is 5.42. The molecule has 0 radical (unpaired) electrons. The minimum absolute atomic E-state index is 0.134. The van der Waals surface area contributed by atoms with Crippen molar-refractivity contribution in [3.63, 3.8) is 0 Å². The van der Waals surface area contributed by atoms with Gasteiger partial charge in [-0.1, -0.05) is 0 Å². The van der Waals surface area contributed by atoms with Crippen LogP contribution in [0, 0.1) is 5.82 Å². The van der Waals surface area contributed by atoms with E-state index >= 15 is 0 Å². The number of thiazole rings is 1. The fraction of sp³-hybridized carbons (Fsp3) is 0.273. The highest BCUT2D eigenvalue weighted by molar-refractivity contribution is 7.89. The van der Waals surface area contributed by atoms with E-state index < -0.39 is 10.0 Å². The molecule has 174 valence electrons. The van der Waals surface area contributed by atoms with Crippen LogP contribution in [-0.4, -0.2) is 62.4 Å². The van der Waals surface area contributed by atoms with Crippen molar-refractivity contribution >= 4 is 27.3 Å². The highest BCUT2D eigenvalue weighted by Crippen LogP contribution is 2.26. The predicted octanol–water partition coefficient (Wildman–Crippen LogP) is 2.56. The number of rotatable bonds is 6. The van der Waals surface area contributed by atoms with Gasteiger partial charge in [-0.15, -0.1) is 11.3 Å². The Labute approximate surface area is 195 Å². The minimum Gasteiger partial charge on any atom is -0.496 e. The summed E-state index contributed by atoms with van der Waals surface area (Å²) in [5.41, 5.74) is 1.96. The number of nitrogens with two attached hydrogens (primary N) is 1. The summed E-state index contributed by atoms with van der Waals surface area (Å²) in [4.78, 5) is 21.5. The Kier molecular flexibility index (Phi) is 6.75. The number of hydrogen-bond acceptors (Lipinski definition) is 7. The number of amides is 1. The molecule has 2 N–H and O–H groups in total. The number of aromatic nitrogens is 1. The van der Waals surface area contributed by atoms with Gasteiger partial charge in [0.15, 0.2) is 0 Å². The second kappa shape index (κ2) is 9.56. The maximum atomic E-state index is 13.1. The molecule has 0 spiro atoms. The highest BCUT2D eigenvalue weighted by Gasteiger charge is 2.26. The molecule has 4 rings (SSSR count). The number of sulfonamides is 1. The summed E-state index contributed by atoms with van der Waals surface area (Å²) in [5.74, 6) is -0.285. The molecule has 0 aliphatic carbocycles. The zero-order chi connectivity index (χ0) is 23.6. The summed E-state index contributed by atoms with van der Waals surface area (Å²) >= 11 is 1.51. The molecule has 0 atom stereocenters. The predicted molar refractivity (Wildman–Crippen MR) is 123 cm³/mol. The molecule has 33 heavy (non-hydrogen) atoms. The lowest BCUT2D eigenvalue weighted by molar-refractivity contribution is 0.0624. The van der Waals surface area contributed by atoms with E-state index in [-0.39, 0.29) is 22.2 Å². The van der Waals surface area contributed by atoms with Crippen LogP contribution in [0.3, 0.4) is 0 Å². The molecule has 1 aliphatic heterocycles. The van der Waals surface area contributed by atoms with Crippen LogP contribution in [0.4, 0.5) is 4.39 Å². The molecule has 1 saturated heterocycles. The van der Waals surface area contributed by atoms with Crippen LogP contribution in [-0.2, 0) is 16.6 Å². The number of piperazine rings is 1. The molecule has 11 heteroatoms. The van der Waals surface area contributed by atoms with E-state index in [1.807, 2.05) is 5.38 Å². The molecule has 2 heterocycles. The Morgan fingerprint density at radius 3 is 2.48 bits per heavy atom. The first-order chi connectivity index (χ1) is 15.7. The average molecular weight is 491 g/mol. The van der Waals surface area contributed by atoms with E-state index in [1.54, 1.807) is 17.0 Å². The van der Waals surface area contributed by atoms with Gasteiger partial charge in [0.2, 0.25) is 10.0 Å². The van der Waals surface area contributed by atoms with Gasteiger partial charge in [-0.25, -0.2) is 22.9 Å². The first-order valence-electron chi connectivity index (χ1n) is 10.2. The number of methoxy groups -OCH3 is 1. The smallest absolute Gasteiger partial charge is 0.257 e. The third-order valence-corrected chi connectivity index (χ3v) is 7.27. The molecule has 2 aromatic carbocycles. The highest BCUT2D eigenvalue weighted by atomic mass is 32.2. The van der Waals surface area contributed by atoms with Crippen LogP contribution in [0.25, 0.3) is 10.6 Å². The molecule has 0 bridgehead atoms. The molecular formula is C22H23FN4O4S2. The molecule has 0 saturated carbocycles. The Balaban J connectivity index is 1.39. The van der Waals surface area contributed by atoms with Crippen molar-refractivity contribution in [1.29, 1.82) is 0 Å². The van der Waals surface area contributed by atoms with Gasteiger partial charge in [0.25, 0.3) is 5.91 Å². The maximum Gasteiger partial charge on any atom is 0.257 e. The summed E-state index contributed by atoms with van der Waals surface area (Å²) in [5, 5.41) is 8.03. The lowest BCUT2D eigenvalue weighted by Crippen LogP contribution is -2.48. The van der Waals surface area contributed by atoms with Gasteiger partial charge in [-0.2, -0.15) is 0 Å². The Morgan fingerprint density at radius 1 is 1.15 bits per heavy atom. The topological polar surface area (TPSA) is 106 Å². The molecule has 1 aromatic heterocycles. The van der Waals surface area contributed by atoms with Crippen LogP contribution in [0.15, 0.2) is 52.7 Å². The zero-order valence-electron chi connectivity index (χ0n) is 17.9. The lowest BCUT2D eigenvalue weighted by Gasteiger charge is -2.34. The van der Waals surface area contributed by atoms with Crippen LogP contribution in [0.1, 0.15) is 16.1 Å². The van der Waals surface area contributed by atoms with Gasteiger partial charge in [-0.05, 0) is 42.5 Å². The van der Waals surface area contributed by atoms with Crippen molar-refractivity contribution in [2.45, 2.75) is 11.4 Å². The van der Waals surface area contributed by atoms with Crippen LogP contribution in [0.5, 0.6) is 5.75 Å². The van der Waals surface area contributed by atoms with Crippen molar-refractivity contribution in [2.24, 2.45) is 5.14 Å². The summed E-state index contributed by atoms with van der Waals surface area (Å²) in [6.07, 6.45) is 0. The fourth-order valence-electron chi connectivity index (χ4n) is 3.64. The van der Waals surface area contributed by atoms with E-state index in [1.165, 1.54) is 48.8 Å². The average Bonchev–Trinajstić information content (AvgIpc) is 3.27. The van der Waals surface area contributed by atoms with Crippen LogP contribution < -0.4 is 9.88 Å². The maximum absolute atomic E-state index is 13.1. The van der Waals surface area contributed by atoms with Gasteiger partial charge < -0.3 is 9.64 Å². The molecule has 1 aliphatic rings. The molecule has 8 nitrogen and oxygen atoms in total. The van der Waals surface area contributed by atoms with Crippen molar-refractivity contribution < 1.29 is 22.3 Å². The first-order valence-corrected chi connectivity index (χ1v) is 12.6.